The van der Waals surface area contributed by atoms with Crippen LogP contribution in [0.15, 0.2) is 23.8 Å². The highest BCUT2D eigenvalue weighted by Crippen LogP contribution is 2.31. The number of nitro groups is 1. The molecule has 2 unspecified atom stereocenters. The Morgan fingerprint density at radius 2 is 2.05 bits per heavy atom. The predicted octanol–water partition coefficient (Wildman–Crippen LogP) is 1.43. The van der Waals surface area contributed by atoms with Crippen LogP contribution in [0.2, 0.25) is 0 Å². The minimum absolute atomic E-state index is 0.0359. The fraction of sp³-hybridized carbons (Fsp3) is 0.538. The first-order chi connectivity index (χ1) is 9.64. The number of aliphatic carboxylic acids is 2. The number of hydrogen-bond acceptors (Lipinski definition) is 5. The van der Waals surface area contributed by atoms with E-state index in [1.807, 2.05) is 0 Å². The molecule has 118 valence electrons. The highest BCUT2D eigenvalue weighted by molar-refractivity contribution is 5.90. The van der Waals surface area contributed by atoms with E-state index in [1.54, 1.807) is 6.92 Å². The van der Waals surface area contributed by atoms with Crippen molar-refractivity contribution in [3.8, 4) is 0 Å². The van der Waals surface area contributed by atoms with E-state index in [0.29, 0.717) is 6.42 Å². The van der Waals surface area contributed by atoms with Gasteiger partial charge in [0.25, 0.3) is 0 Å². The van der Waals surface area contributed by atoms with Crippen LogP contribution in [0.3, 0.4) is 0 Å². The normalized spacial score (nSPS) is 21.6. The van der Waals surface area contributed by atoms with Gasteiger partial charge in [-0.15, -0.1) is 0 Å². The van der Waals surface area contributed by atoms with Gasteiger partial charge in [-0.1, -0.05) is 25.2 Å². The zero-order chi connectivity index (χ0) is 16.6. The minimum atomic E-state index is -1.36. The Bertz CT molecular complexity index is 469. The highest BCUT2D eigenvalue weighted by atomic mass is 16.7. The summed E-state index contributed by atoms with van der Waals surface area (Å²) in [6.45, 7) is 3.29. The summed E-state index contributed by atoms with van der Waals surface area (Å²) in [6.07, 6.45) is 3.96. The average Bonchev–Trinajstić information content (AvgIpc) is 2.39. The summed E-state index contributed by atoms with van der Waals surface area (Å²) in [4.78, 5) is 30.3. The Labute approximate surface area is 121 Å². The number of aliphatic hydroxyl groups is 1. The molecule has 0 amide bonds. The molecular weight excluding hydrogens is 282 g/mol. The third kappa shape index (κ3) is 6.17. The first-order valence-corrected chi connectivity index (χ1v) is 6.30. The van der Waals surface area contributed by atoms with E-state index in [-0.39, 0.29) is 18.4 Å². The lowest BCUT2D eigenvalue weighted by atomic mass is 9.80. The van der Waals surface area contributed by atoms with Gasteiger partial charge in [0.15, 0.2) is 0 Å². The first kappa shape index (κ1) is 18.8. The SMILES string of the molecule is CC1(C(=O)O)C=CC=C(C(=O)O)C1.CCCC(O)[N+](=O)[O-]. The third-order valence-corrected chi connectivity index (χ3v) is 2.87. The largest absolute Gasteiger partial charge is 0.481 e. The van der Waals surface area contributed by atoms with E-state index in [9.17, 15) is 19.7 Å². The Kier molecular flexibility index (Phi) is 7.29. The number of allylic oxidation sites excluding steroid dienone is 2. The molecule has 0 aromatic rings. The van der Waals surface area contributed by atoms with Gasteiger partial charge in [-0.2, -0.15) is 0 Å². The van der Waals surface area contributed by atoms with Crippen LogP contribution >= 0.6 is 0 Å². The van der Waals surface area contributed by atoms with Crippen LogP contribution in [-0.4, -0.2) is 38.4 Å². The molecule has 0 radical (unpaired) electrons. The number of hydrogen-bond donors (Lipinski definition) is 3. The summed E-state index contributed by atoms with van der Waals surface area (Å²) in [6, 6.07) is 0. The summed E-state index contributed by atoms with van der Waals surface area (Å²) in [5.41, 5.74) is -0.949. The van der Waals surface area contributed by atoms with Crippen molar-refractivity contribution >= 4 is 11.9 Å². The van der Waals surface area contributed by atoms with E-state index in [2.05, 4.69) is 0 Å². The van der Waals surface area contributed by atoms with Crippen LogP contribution in [-0.2, 0) is 9.59 Å². The monoisotopic (exact) mass is 301 g/mol. The topological polar surface area (TPSA) is 138 Å². The molecule has 0 saturated carbocycles. The molecule has 0 saturated heterocycles. The zero-order valence-electron chi connectivity index (χ0n) is 11.9. The molecule has 0 heterocycles. The van der Waals surface area contributed by atoms with Crippen LogP contribution in [0.25, 0.3) is 0 Å². The van der Waals surface area contributed by atoms with Crippen LogP contribution in [0.4, 0.5) is 0 Å². The molecule has 0 aromatic carbocycles. The van der Waals surface area contributed by atoms with Gasteiger partial charge in [-0.05, 0) is 19.8 Å². The van der Waals surface area contributed by atoms with Gasteiger partial charge < -0.3 is 15.3 Å². The molecular formula is C13H19NO7. The average molecular weight is 301 g/mol. The van der Waals surface area contributed by atoms with Crippen LogP contribution in [0.1, 0.15) is 33.1 Å². The maximum absolute atomic E-state index is 10.8. The number of nitrogens with zero attached hydrogens (tertiary/aromatic N) is 1. The first-order valence-electron chi connectivity index (χ1n) is 6.30. The van der Waals surface area contributed by atoms with Crippen molar-refractivity contribution in [1.82, 2.24) is 0 Å². The maximum Gasteiger partial charge on any atom is 0.331 e. The van der Waals surface area contributed by atoms with Crippen molar-refractivity contribution in [2.75, 3.05) is 0 Å². The fourth-order valence-electron chi connectivity index (χ4n) is 1.55. The number of aliphatic hydroxyl groups excluding tert-OH is 1. The van der Waals surface area contributed by atoms with E-state index >= 15 is 0 Å². The maximum atomic E-state index is 10.8. The van der Waals surface area contributed by atoms with Crippen molar-refractivity contribution in [2.24, 2.45) is 5.41 Å². The second-order valence-corrected chi connectivity index (χ2v) is 4.81. The molecule has 8 heteroatoms. The Hall–Kier alpha value is -2.22. The number of carboxylic acid groups (broad SMARTS) is 2. The molecule has 0 aromatic heterocycles. The van der Waals surface area contributed by atoms with E-state index in [4.69, 9.17) is 15.3 Å². The molecule has 3 N–H and O–H groups in total. The molecule has 1 aliphatic rings. The summed E-state index contributed by atoms with van der Waals surface area (Å²) < 4.78 is 0. The van der Waals surface area contributed by atoms with Crippen molar-refractivity contribution in [3.05, 3.63) is 33.9 Å². The Morgan fingerprint density at radius 3 is 2.38 bits per heavy atom. The van der Waals surface area contributed by atoms with E-state index in [0.717, 1.165) is 0 Å². The molecule has 2 atom stereocenters. The Balaban J connectivity index is 0.000000433. The van der Waals surface area contributed by atoms with Gasteiger partial charge in [-0.25, -0.2) is 4.79 Å². The standard InChI is InChI=1S/C9H10O4.C4H9NO3/c1-9(8(12)13)4-2-3-6(5-9)7(10)11;1-2-3-4(6)5(7)8/h2-4H,5H2,1H3,(H,10,11)(H,12,13);4,6H,2-3H2,1H3. The minimum Gasteiger partial charge on any atom is -0.481 e. The van der Waals surface area contributed by atoms with Crippen LogP contribution in [0, 0.1) is 15.5 Å². The molecule has 0 aliphatic heterocycles. The smallest absolute Gasteiger partial charge is 0.331 e. The molecule has 0 bridgehead atoms. The number of carboxylic acids is 2. The molecule has 8 nitrogen and oxygen atoms in total. The number of rotatable bonds is 5. The van der Waals surface area contributed by atoms with Crippen molar-refractivity contribution < 1.29 is 29.8 Å². The van der Waals surface area contributed by atoms with Gasteiger partial charge in [0, 0.05) is 12.0 Å². The van der Waals surface area contributed by atoms with Crippen molar-refractivity contribution in [3.63, 3.8) is 0 Å². The van der Waals surface area contributed by atoms with Crippen LogP contribution < -0.4 is 0 Å². The zero-order valence-corrected chi connectivity index (χ0v) is 11.9. The lowest BCUT2D eigenvalue weighted by Crippen LogP contribution is -2.28. The molecule has 0 fully saturated rings. The lowest BCUT2D eigenvalue weighted by molar-refractivity contribution is -0.571. The second-order valence-electron chi connectivity index (χ2n) is 4.81. The summed E-state index contributed by atoms with van der Waals surface area (Å²) in [5, 5.41) is 35.6. The van der Waals surface area contributed by atoms with E-state index < -0.39 is 28.5 Å². The fourth-order valence-corrected chi connectivity index (χ4v) is 1.55. The summed E-state index contributed by atoms with van der Waals surface area (Å²) in [7, 11) is 0. The van der Waals surface area contributed by atoms with Gasteiger partial charge in [0.1, 0.15) is 0 Å². The second kappa shape index (κ2) is 8.15. The molecule has 1 rings (SSSR count). The van der Waals surface area contributed by atoms with Gasteiger partial charge >= 0.3 is 18.2 Å². The quantitative estimate of drug-likeness (QED) is 0.396. The highest BCUT2D eigenvalue weighted by Gasteiger charge is 2.34. The predicted molar refractivity (Wildman–Crippen MR) is 73.1 cm³/mol. The van der Waals surface area contributed by atoms with Crippen molar-refractivity contribution in [1.29, 1.82) is 0 Å². The van der Waals surface area contributed by atoms with Crippen LogP contribution in [0.5, 0.6) is 0 Å². The third-order valence-electron chi connectivity index (χ3n) is 2.87. The van der Waals surface area contributed by atoms with Gasteiger partial charge in [0.2, 0.25) is 0 Å². The van der Waals surface area contributed by atoms with Gasteiger partial charge in [-0.3, -0.25) is 14.9 Å². The summed E-state index contributed by atoms with van der Waals surface area (Å²) >= 11 is 0. The number of carbonyl (C=O) groups is 2. The van der Waals surface area contributed by atoms with E-state index in [1.165, 1.54) is 25.2 Å². The Morgan fingerprint density at radius 1 is 1.48 bits per heavy atom. The summed E-state index contributed by atoms with van der Waals surface area (Å²) in [5.74, 6) is -2.06. The molecule has 1 aliphatic carbocycles. The lowest BCUT2D eigenvalue weighted by Gasteiger charge is -2.23. The molecule has 0 spiro atoms. The van der Waals surface area contributed by atoms with Crippen molar-refractivity contribution in [2.45, 2.75) is 39.3 Å². The van der Waals surface area contributed by atoms with Gasteiger partial charge in [0.05, 0.1) is 10.3 Å². The molecule has 21 heavy (non-hydrogen) atoms.